The molecule has 1 aliphatic heterocycles. The van der Waals surface area contributed by atoms with Crippen molar-refractivity contribution in [3.05, 3.63) is 53.1 Å². The number of benzene rings is 2. The van der Waals surface area contributed by atoms with Gasteiger partial charge < -0.3 is 25.4 Å². The van der Waals surface area contributed by atoms with Crippen LogP contribution in [0.25, 0.3) is 0 Å². The van der Waals surface area contributed by atoms with E-state index in [9.17, 15) is 23.5 Å². The Hall–Kier alpha value is -3.20. The van der Waals surface area contributed by atoms with Crippen molar-refractivity contribution in [2.75, 3.05) is 31.6 Å². The number of carbonyl (C=O) groups excluding carboxylic acids is 2. The Morgan fingerprint density at radius 1 is 1.00 bits per heavy atom. The van der Waals surface area contributed by atoms with Gasteiger partial charge in [-0.15, -0.1) is 0 Å². The third-order valence-electron chi connectivity index (χ3n) is 7.79. The minimum atomic E-state index is -0.575. The van der Waals surface area contributed by atoms with E-state index in [-0.39, 0.29) is 30.2 Å². The molecule has 2 aromatic carbocycles. The molecule has 0 bridgehead atoms. The molecule has 1 aliphatic carbocycles. The Balaban J connectivity index is 1.23. The van der Waals surface area contributed by atoms with Crippen molar-refractivity contribution in [2.45, 2.75) is 83.1 Å². The summed E-state index contributed by atoms with van der Waals surface area (Å²) < 4.78 is 32.4. The first kappa shape index (κ1) is 29.8. The fourth-order valence-corrected chi connectivity index (χ4v) is 5.72. The van der Waals surface area contributed by atoms with Gasteiger partial charge in [-0.05, 0) is 74.4 Å². The van der Waals surface area contributed by atoms with Crippen molar-refractivity contribution in [2.24, 2.45) is 0 Å². The monoisotopic (exact) mass is 557 g/mol. The molecule has 1 fully saturated rings. The number of nitrogens with one attached hydrogen (secondary N) is 2. The van der Waals surface area contributed by atoms with Gasteiger partial charge in [0.1, 0.15) is 23.1 Å². The van der Waals surface area contributed by atoms with Crippen LogP contribution in [0.4, 0.5) is 14.5 Å². The number of halogens is 2. The van der Waals surface area contributed by atoms with Crippen LogP contribution < -0.4 is 15.4 Å². The van der Waals surface area contributed by atoms with Crippen molar-refractivity contribution in [3.8, 4) is 11.5 Å². The van der Waals surface area contributed by atoms with E-state index in [1.54, 1.807) is 6.07 Å². The average Bonchev–Trinajstić information content (AvgIpc) is 3.20. The van der Waals surface area contributed by atoms with Gasteiger partial charge in [-0.25, -0.2) is 8.78 Å². The largest absolute Gasteiger partial charge is 0.506 e. The molecule has 7 nitrogen and oxygen atoms in total. The summed E-state index contributed by atoms with van der Waals surface area (Å²) >= 11 is 0. The van der Waals surface area contributed by atoms with E-state index >= 15 is 0 Å². The van der Waals surface area contributed by atoms with E-state index in [2.05, 4.69) is 15.5 Å². The Morgan fingerprint density at radius 2 is 1.75 bits per heavy atom. The molecule has 4 rings (SSSR count). The predicted octanol–water partition coefficient (Wildman–Crippen LogP) is 5.49. The lowest BCUT2D eigenvalue weighted by Gasteiger charge is -2.32. The first-order chi connectivity index (χ1) is 19.4. The highest BCUT2D eigenvalue weighted by molar-refractivity contribution is 5.97. The third-order valence-corrected chi connectivity index (χ3v) is 7.79. The molecule has 0 saturated heterocycles. The summed E-state index contributed by atoms with van der Waals surface area (Å²) in [5.74, 6) is -0.720. The van der Waals surface area contributed by atoms with Crippen molar-refractivity contribution in [1.82, 2.24) is 10.2 Å². The Labute approximate surface area is 235 Å². The molecular weight excluding hydrogens is 516 g/mol. The number of hydrogen-bond donors (Lipinski definition) is 3. The van der Waals surface area contributed by atoms with E-state index in [1.165, 1.54) is 25.0 Å². The fraction of sp³-hybridized carbons (Fsp3) is 0.548. The van der Waals surface area contributed by atoms with E-state index < -0.39 is 11.6 Å². The van der Waals surface area contributed by atoms with Crippen LogP contribution in [0.1, 0.15) is 75.3 Å². The second-order valence-electron chi connectivity index (χ2n) is 10.9. The fourth-order valence-electron chi connectivity index (χ4n) is 5.72. The number of hydrogen-bond acceptors (Lipinski definition) is 5. The number of phenolic OH excluding ortho intramolecular Hbond substituents is 1. The number of aromatic hydroxyl groups is 1. The number of anilines is 1. The van der Waals surface area contributed by atoms with Gasteiger partial charge in [-0.3, -0.25) is 9.59 Å². The standard InChI is InChI=1S/C31H41F2N3O4/c32-24-18-22(19-25(33)20-24)13-15-34-16-14-29(39)36(26-9-5-1-2-6-10-26)17-7-3-4-8-23-11-12-27(37)30-31(23)40-21-28(38)35-30/h11-12,18-20,26,34,37H,1-10,13-17,21H2,(H,35,38). The zero-order chi connectivity index (χ0) is 28.3. The molecular formula is C31H41F2N3O4. The number of nitrogens with zero attached hydrogens (tertiary/aromatic N) is 1. The number of aryl methyl sites for hydroxylation is 1. The maximum Gasteiger partial charge on any atom is 0.262 e. The van der Waals surface area contributed by atoms with Crippen LogP contribution in [0.3, 0.4) is 0 Å². The van der Waals surface area contributed by atoms with Crippen LogP contribution in [0.2, 0.25) is 0 Å². The van der Waals surface area contributed by atoms with Gasteiger partial charge in [0.25, 0.3) is 5.91 Å². The minimum absolute atomic E-state index is 0.00158. The summed E-state index contributed by atoms with van der Waals surface area (Å²) in [4.78, 5) is 27.0. The van der Waals surface area contributed by atoms with Gasteiger partial charge in [0.2, 0.25) is 5.91 Å². The van der Waals surface area contributed by atoms with Crippen molar-refractivity contribution in [3.63, 3.8) is 0 Å². The number of carbonyl (C=O) groups is 2. The van der Waals surface area contributed by atoms with Crippen LogP contribution in [0.15, 0.2) is 30.3 Å². The summed E-state index contributed by atoms with van der Waals surface area (Å²) in [7, 11) is 0. The highest BCUT2D eigenvalue weighted by atomic mass is 19.1. The number of phenols is 1. The first-order valence-electron chi connectivity index (χ1n) is 14.6. The lowest BCUT2D eigenvalue weighted by Crippen LogP contribution is -2.42. The molecule has 0 radical (unpaired) electrons. The molecule has 9 heteroatoms. The molecule has 0 atom stereocenters. The predicted molar refractivity (Wildman–Crippen MR) is 151 cm³/mol. The van der Waals surface area contributed by atoms with E-state index in [0.29, 0.717) is 42.9 Å². The first-order valence-corrected chi connectivity index (χ1v) is 14.6. The topological polar surface area (TPSA) is 90.9 Å². The molecule has 3 N–H and O–H groups in total. The molecule has 218 valence electrons. The average molecular weight is 558 g/mol. The SMILES string of the molecule is O=C1COc2c(CCCCCN(C(=O)CCNCCc3cc(F)cc(F)c3)C3CCCCCC3)ccc(O)c2N1. The Bertz CT molecular complexity index is 1130. The quantitative estimate of drug-likeness (QED) is 0.172. The molecule has 2 amide bonds. The molecule has 0 spiro atoms. The van der Waals surface area contributed by atoms with Gasteiger partial charge in [0.15, 0.2) is 12.4 Å². The van der Waals surface area contributed by atoms with E-state index in [0.717, 1.165) is 69.5 Å². The van der Waals surface area contributed by atoms with Crippen LogP contribution >= 0.6 is 0 Å². The number of amides is 2. The molecule has 40 heavy (non-hydrogen) atoms. The second-order valence-corrected chi connectivity index (χ2v) is 10.9. The zero-order valence-electron chi connectivity index (χ0n) is 23.2. The van der Waals surface area contributed by atoms with Crippen LogP contribution in [0, 0.1) is 11.6 Å². The zero-order valence-corrected chi connectivity index (χ0v) is 23.2. The van der Waals surface area contributed by atoms with Gasteiger partial charge in [-0.1, -0.05) is 38.2 Å². The number of ether oxygens (including phenoxy) is 1. The highest BCUT2D eigenvalue weighted by Gasteiger charge is 2.25. The Morgan fingerprint density at radius 3 is 2.50 bits per heavy atom. The maximum absolute atomic E-state index is 13.4. The van der Waals surface area contributed by atoms with Gasteiger partial charge in [0, 0.05) is 31.6 Å². The van der Waals surface area contributed by atoms with Gasteiger partial charge in [-0.2, -0.15) is 0 Å². The van der Waals surface area contributed by atoms with Crippen molar-refractivity contribution in [1.29, 1.82) is 0 Å². The Kier molecular flexibility index (Phi) is 11.1. The smallest absolute Gasteiger partial charge is 0.262 e. The summed E-state index contributed by atoms with van der Waals surface area (Å²) in [5, 5.41) is 16.0. The number of fused-ring (bicyclic) bond motifs is 1. The van der Waals surface area contributed by atoms with Crippen molar-refractivity contribution >= 4 is 17.5 Å². The van der Waals surface area contributed by atoms with E-state index in [4.69, 9.17) is 4.74 Å². The highest BCUT2D eigenvalue weighted by Crippen LogP contribution is 2.39. The molecule has 1 saturated carbocycles. The van der Waals surface area contributed by atoms with Gasteiger partial charge in [0.05, 0.1) is 0 Å². The summed E-state index contributed by atoms with van der Waals surface area (Å²) in [6.45, 7) is 1.75. The molecule has 2 aromatic rings. The maximum atomic E-state index is 13.4. The van der Waals surface area contributed by atoms with Gasteiger partial charge >= 0.3 is 0 Å². The molecule has 0 unspecified atom stereocenters. The summed E-state index contributed by atoms with van der Waals surface area (Å²) in [6, 6.07) is 7.25. The lowest BCUT2D eigenvalue weighted by molar-refractivity contribution is -0.133. The molecule has 2 aliphatic rings. The lowest BCUT2D eigenvalue weighted by atomic mass is 10.0. The number of rotatable bonds is 13. The summed E-state index contributed by atoms with van der Waals surface area (Å²) in [5.41, 5.74) is 1.90. The normalized spacial score (nSPS) is 15.6. The molecule has 0 aromatic heterocycles. The number of unbranched alkanes of at least 4 members (excludes halogenated alkanes) is 2. The van der Waals surface area contributed by atoms with Crippen LogP contribution in [-0.4, -0.2) is 54.1 Å². The van der Waals surface area contributed by atoms with Crippen molar-refractivity contribution < 1.29 is 28.2 Å². The minimum Gasteiger partial charge on any atom is -0.506 e. The van der Waals surface area contributed by atoms with Crippen LogP contribution in [0.5, 0.6) is 11.5 Å². The second kappa shape index (κ2) is 15.0. The molecule has 1 heterocycles. The van der Waals surface area contributed by atoms with E-state index in [1.807, 2.05) is 6.07 Å². The van der Waals surface area contributed by atoms with Crippen LogP contribution in [-0.2, 0) is 22.4 Å². The summed E-state index contributed by atoms with van der Waals surface area (Å²) in [6.07, 6.45) is 11.3. The third kappa shape index (κ3) is 8.65.